The fraction of sp³-hybridized carbons (Fsp3) is 0.133. The Bertz CT molecular complexity index is 672. The highest BCUT2D eigenvalue weighted by Gasteiger charge is 2.22. The van der Waals surface area contributed by atoms with Crippen LogP contribution in [0.2, 0.25) is 0 Å². The minimum absolute atomic E-state index is 0.0976. The van der Waals surface area contributed by atoms with Gasteiger partial charge in [-0.2, -0.15) is 0 Å². The number of hydrogen-bond acceptors (Lipinski definition) is 3. The van der Waals surface area contributed by atoms with E-state index in [0.29, 0.717) is 17.8 Å². The van der Waals surface area contributed by atoms with Crippen LogP contribution in [0, 0.1) is 5.82 Å². The van der Waals surface area contributed by atoms with E-state index in [-0.39, 0.29) is 18.3 Å². The second kappa shape index (κ2) is 4.85. The van der Waals surface area contributed by atoms with Gasteiger partial charge < -0.3 is 16.0 Å². The summed E-state index contributed by atoms with van der Waals surface area (Å²) >= 11 is 0. The first-order valence-electron chi connectivity index (χ1n) is 6.31. The van der Waals surface area contributed by atoms with Crippen LogP contribution in [0.3, 0.4) is 0 Å². The fourth-order valence-corrected chi connectivity index (χ4v) is 2.34. The molecule has 1 amide bonds. The van der Waals surface area contributed by atoms with E-state index in [0.717, 1.165) is 11.4 Å². The molecular weight excluding hydrogens is 257 g/mol. The summed E-state index contributed by atoms with van der Waals surface area (Å²) in [6, 6.07) is 12.1. The van der Waals surface area contributed by atoms with Gasteiger partial charge in [-0.15, -0.1) is 0 Å². The van der Waals surface area contributed by atoms with Crippen molar-refractivity contribution in [1.29, 1.82) is 0 Å². The number of hydrogen-bond donors (Lipinski definition) is 2. The van der Waals surface area contributed by atoms with Gasteiger partial charge in [0, 0.05) is 17.8 Å². The number of anilines is 3. The lowest BCUT2D eigenvalue weighted by atomic mass is 10.1. The Labute approximate surface area is 116 Å². The van der Waals surface area contributed by atoms with Crippen molar-refractivity contribution in [2.45, 2.75) is 6.54 Å². The van der Waals surface area contributed by atoms with Crippen molar-refractivity contribution in [3.05, 3.63) is 53.8 Å². The second-order valence-electron chi connectivity index (χ2n) is 4.77. The largest absolute Gasteiger partial charge is 0.399 e. The topological polar surface area (TPSA) is 58.4 Å². The van der Waals surface area contributed by atoms with Crippen LogP contribution in [0.25, 0.3) is 0 Å². The maximum Gasteiger partial charge on any atom is 0.243 e. The summed E-state index contributed by atoms with van der Waals surface area (Å²) < 4.78 is 13.9. The van der Waals surface area contributed by atoms with Crippen molar-refractivity contribution in [2.75, 3.05) is 22.5 Å². The van der Waals surface area contributed by atoms with Gasteiger partial charge in [-0.05, 0) is 24.3 Å². The molecule has 0 saturated carbocycles. The Morgan fingerprint density at radius 3 is 2.85 bits per heavy atom. The van der Waals surface area contributed by atoms with Crippen molar-refractivity contribution in [3.63, 3.8) is 0 Å². The molecule has 0 atom stereocenters. The van der Waals surface area contributed by atoms with E-state index >= 15 is 0 Å². The van der Waals surface area contributed by atoms with Crippen LogP contribution in [0.5, 0.6) is 0 Å². The number of nitrogens with one attached hydrogen (secondary N) is 1. The predicted molar refractivity (Wildman–Crippen MR) is 76.9 cm³/mol. The molecule has 102 valence electrons. The normalized spacial score (nSPS) is 13.8. The van der Waals surface area contributed by atoms with E-state index < -0.39 is 0 Å². The molecule has 2 aromatic rings. The maximum absolute atomic E-state index is 13.9. The Balaban J connectivity index is 1.93. The van der Waals surface area contributed by atoms with Gasteiger partial charge >= 0.3 is 0 Å². The molecule has 0 bridgehead atoms. The molecule has 0 radical (unpaired) electrons. The van der Waals surface area contributed by atoms with Crippen LogP contribution < -0.4 is 16.0 Å². The van der Waals surface area contributed by atoms with Gasteiger partial charge in [0.1, 0.15) is 5.82 Å². The van der Waals surface area contributed by atoms with Gasteiger partial charge in [-0.25, -0.2) is 4.39 Å². The summed E-state index contributed by atoms with van der Waals surface area (Å²) in [7, 11) is 0. The van der Waals surface area contributed by atoms with Crippen molar-refractivity contribution < 1.29 is 9.18 Å². The van der Waals surface area contributed by atoms with E-state index in [1.54, 1.807) is 12.1 Å². The van der Waals surface area contributed by atoms with E-state index in [2.05, 4.69) is 5.32 Å². The molecule has 5 heteroatoms. The lowest BCUT2D eigenvalue weighted by molar-refractivity contribution is -0.115. The summed E-state index contributed by atoms with van der Waals surface area (Å²) in [5, 5.41) is 2.81. The predicted octanol–water partition coefficient (Wildman–Crippen LogP) is 2.37. The number of nitrogen functional groups attached to an aromatic ring is 1. The van der Waals surface area contributed by atoms with Crippen molar-refractivity contribution in [2.24, 2.45) is 0 Å². The molecule has 0 fully saturated rings. The number of benzene rings is 2. The average Bonchev–Trinajstić information content (AvgIpc) is 2.41. The summed E-state index contributed by atoms with van der Waals surface area (Å²) in [5.41, 5.74) is 8.09. The molecule has 4 nitrogen and oxygen atoms in total. The summed E-state index contributed by atoms with van der Waals surface area (Å²) in [6.07, 6.45) is 0. The number of halogens is 1. The van der Waals surface area contributed by atoms with Crippen LogP contribution in [0.1, 0.15) is 5.56 Å². The average molecular weight is 271 g/mol. The Morgan fingerprint density at radius 1 is 1.25 bits per heavy atom. The second-order valence-corrected chi connectivity index (χ2v) is 4.77. The van der Waals surface area contributed by atoms with Crippen molar-refractivity contribution in [3.8, 4) is 0 Å². The van der Waals surface area contributed by atoms with Crippen molar-refractivity contribution in [1.82, 2.24) is 0 Å². The third-order valence-electron chi connectivity index (χ3n) is 3.29. The third kappa shape index (κ3) is 2.30. The van der Waals surface area contributed by atoms with Crippen LogP contribution in [0.4, 0.5) is 21.5 Å². The summed E-state index contributed by atoms with van der Waals surface area (Å²) in [5.74, 6) is -0.451. The molecule has 1 aliphatic heterocycles. The highest BCUT2D eigenvalue weighted by Crippen LogP contribution is 2.30. The van der Waals surface area contributed by atoms with E-state index in [9.17, 15) is 9.18 Å². The molecule has 1 aliphatic rings. The lowest BCUT2D eigenvalue weighted by Gasteiger charge is -2.31. The molecule has 0 spiro atoms. The number of carbonyl (C=O) groups is 1. The number of rotatable bonds is 2. The van der Waals surface area contributed by atoms with Gasteiger partial charge in [-0.3, -0.25) is 4.79 Å². The first-order chi connectivity index (χ1) is 9.63. The van der Waals surface area contributed by atoms with E-state index in [1.165, 1.54) is 6.07 Å². The van der Waals surface area contributed by atoms with Gasteiger partial charge in [-0.1, -0.05) is 18.2 Å². The lowest BCUT2D eigenvalue weighted by Crippen LogP contribution is -2.37. The Kier molecular flexibility index (Phi) is 3.02. The van der Waals surface area contributed by atoms with Crippen LogP contribution in [-0.4, -0.2) is 12.5 Å². The zero-order valence-corrected chi connectivity index (χ0v) is 10.8. The monoisotopic (exact) mass is 271 g/mol. The fourth-order valence-electron chi connectivity index (χ4n) is 2.34. The Hall–Kier alpha value is -2.56. The molecular formula is C15H14FN3O. The number of nitrogens with two attached hydrogens (primary N) is 1. The minimum Gasteiger partial charge on any atom is -0.399 e. The molecule has 2 aromatic carbocycles. The maximum atomic E-state index is 13.9. The zero-order chi connectivity index (χ0) is 14.1. The quantitative estimate of drug-likeness (QED) is 0.824. The summed E-state index contributed by atoms with van der Waals surface area (Å²) in [4.78, 5) is 13.5. The van der Waals surface area contributed by atoms with Crippen LogP contribution in [0.15, 0.2) is 42.5 Å². The molecule has 1 heterocycles. The molecule has 3 N–H and O–H groups in total. The number of para-hydroxylation sites is 2. The number of amides is 1. The smallest absolute Gasteiger partial charge is 0.243 e. The zero-order valence-electron chi connectivity index (χ0n) is 10.8. The standard InChI is InChI=1S/C15H14FN3O/c16-12-7-11(17)6-5-10(12)8-19-9-15(20)18-13-3-1-2-4-14(13)19/h1-7H,8-9,17H2,(H,18,20). The molecule has 0 saturated heterocycles. The summed E-state index contributed by atoms with van der Waals surface area (Å²) in [6.45, 7) is 0.539. The number of fused-ring (bicyclic) bond motifs is 1. The van der Waals surface area contributed by atoms with Gasteiger partial charge in [0.2, 0.25) is 5.91 Å². The van der Waals surface area contributed by atoms with Crippen LogP contribution >= 0.6 is 0 Å². The highest BCUT2D eigenvalue weighted by atomic mass is 19.1. The van der Waals surface area contributed by atoms with Gasteiger partial charge in [0.25, 0.3) is 0 Å². The Morgan fingerprint density at radius 2 is 2.05 bits per heavy atom. The SMILES string of the molecule is Nc1ccc(CN2CC(=O)Nc3ccccc32)c(F)c1. The minimum atomic E-state index is -0.353. The highest BCUT2D eigenvalue weighted by molar-refractivity contribution is 6.01. The van der Waals surface area contributed by atoms with Gasteiger partial charge in [0.15, 0.2) is 0 Å². The number of carbonyl (C=O) groups excluding carboxylic acids is 1. The first kappa shape index (κ1) is 12.5. The van der Waals surface area contributed by atoms with Crippen LogP contribution in [-0.2, 0) is 11.3 Å². The van der Waals surface area contributed by atoms with E-state index in [4.69, 9.17) is 5.73 Å². The molecule has 3 rings (SSSR count). The van der Waals surface area contributed by atoms with Crippen molar-refractivity contribution >= 4 is 23.0 Å². The third-order valence-corrected chi connectivity index (χ3v) is 3.29. The molecule has 0 aromatic heterocycles. The number of nitrogens with zero attached hydrogens (tertiary/aromatic N) is 1. The van der Waals surface area contributed by atoms with E-state index in [1.807, 2.05) is 29.2 Å². The molecule has 20 heavy (non-hydrogen) atoms. The first-order valence-corrected chi connectivity index (χ1v) is 6.31. The molecule has 0 aliphatic carbocycles. The van der Waals surface area contributed by atoms with Gasteiger partial charge in [0.05, 0.1) is 17.9 Å². The molecule has 0 unspecified atom stereocenters.